The van der Waals surface area contributed by atoms with Gasteiger partial charge in [-0.15, -0.1) is 0 Å². The highest BCUT2D eigenvalue weighted by Gasteiger charge is 2.25. The van der Waals surface area contributed by atoms with Crippen LogP contribution in [-0.2, 0) is 10.0 Å². The average molecular weight is 302 g/mol. The minimum atomic E-state index is -3.92. The zero-order chi connectivity index (χ0) is 14.8. The molecule has 0 aliphatic carbocycles. The van der Waals surface area contributed by atoms with Crippen molar-refractivity contribution in [2.75, 3.05) is 39.3 Å². The van der Waals surface area contributed by atoms with E-state index in [9.17, 15) is 13.2 Å². The maximum absolute atomic E-state index is 12.2. The summed E-state index contributed by atoms with van der Waals surface area (Å²) in [4.78, 5) is 15.9. The zero-order valence-electron chi connectivity index (χ0n) is 11.0. The largest absolute Gasteiger partial charge is 0.438 e. The lowest BCUT2D eigenvalue weighted by Gasteiger charge is -2.33. The molecule has 0 aromatic carbocycles. The van der Waals surface area contributed by atoms with Crippen molar-refractivity contribution in [3.63, 3.8) is 0 Å². The summed E-state index contributed by atoms with van der Waals surface area (Å²) in [5, 5.41) is 4.53. The number of amides is 1. The molecule has 1 amide bonds. The van der Waals surface area contributed by atoms with Gasteiger partial charge in [0.15, 0.2) is 5.76 Å². The number of hydrogen-bond donors (Lipinski definition) is 2. The second kappa shape index (κ2) is 5.92. The minimum absolute atomic E-state index is 0.0127. The molecule has 20 heavy (non-hydrogen) atoms. The van der Waals surface area contributed by atoms with E-state index in [0.29, 0.717) is 19.6 Å². The normalized spacial score (nSPS) is 17.4. The number of carbonyl (C=O) groups is 1. The Bertz CT molecular complexity index is 575. The third-order valence-electron chi connectivity index (χ3n) is 3.18. The zero-order valence-corrected chi connectivity index (χ0v) is 11.8. The standard InChI is InChI=1S/C11H18N4O4S/c12-3-4-14-5-7-15(8-6-14)11(16)9-1-2-10(19-9)20(13,17)18/h1-2H,3-8,12H2,(H2,13,17,18). The van der Waals surface area contributed by atoms with E-state index in [1.54, 1.807) is 4.90 Å². The maximum Gasteiger partial charge on any atom is 0.289 e. The van der Waals surface area contributed by atoms with E-state index in [-0.39, 0.29) is 11.7 Å². The summed E-state index contributed by atoms with van der Waals surface area (Å²) < 4.78 is 27.2. The highest BCUT2D eigenvalue weighted by atomic mass is 32.2. The van der Waals surface area contributed by atoms with E-state index in [1.807, 2.05) is 0 Å². The lowest BCUT2D eigenvalue weighted by atomic mass is 10.3. The molecule has 1 saturated heterocycles. The molecule has 0 saturated carbocycles. The van der Waals surface area contributed by atoms with Crippen molar-refractivity contribution in [1.29, 1.82) is 0 Å². The molecule has 2 heterocycles. The van der Waals surface area contributed by atoms with Crippen LogP contribution in [-0.4, -0.2) is 63.4 Å². The van der Waals surface area contributed by atoms with Gasteiger partial charge in [0, 0.05) is 39.3 Å². The fourth-order valence-corrected chi connectivity index (χ4v) is 2.56. The highest BCUT2D eigenvalue weighted by molar-refractivity contribution is 7.89. The van der Waals surface area contributed by atoms with Gasteiger partial charge in [-0.25, -0.2) is 13.6 Å². The van der Waals surface area contributed by atoms with Crippen LogP contribution in [0.3, 0.4) is 0 Å². The first-order valence-corrected chi connectivity index (χ1v) is 7.81. The summed E-state index contributed by atoms with van der Waals surface area (Å²) in [6, 6.07) is 2.52. The van der Waals surface area contributed by atoms with Crippen LogP contribution >= 0.6 is 0 Å². The van der Waals surface area contributed by atoms with Crippen molar-refractivity contribution in [1.82, 2.24) is 9.80 Å². The van der Waals surface area contributed by atoms with Gasteiger partial charge in [-0.1, -0.05) is 0 Å². The van der Waals surface area contributed by atoms with Crippen LogP contribution in [0.1, 0.15) is 10.6 Å². The molecule has 0 bridgehead atoms. The summed E-state index contributed by atoms with van der Waals surface area (Å²) in [7, 11) is -3.92. The molecule has 9 heteroatoms. The summed E-state index contributed by atoms with van der Waals surface area (Å²) in [6.07, 6.45) is 0. The third kappa shape index (κ3) is 3.37. The van der Waals surface area contributed by atoms with Crippen LogP contribution in [0.2, 0.25) is 0 Å². The van der Waals surface area contributed by atoms with Crippen molar-refractivity contribution >= 4 is 15.9 Å². The molecule has 1 aliphatic heterocycles. The molecule has 0 radical (unpaired) electrons. The summed E-state index contributed by atoms with van der Waals surface area (Å²) >= 11 is 0. The van der Waals surface area contributed by atoms with Gasteiger partial charge in [-0.05, 0) is 12.1 Å². The van der Waals surface area contributed by atoms with Gasteiger partial charge in [-0.2, -0.15) is 0 Å². The number of nitrogens with two attached hydrogens (primary N) is 2. The van der Waals surface area contributed by atoms with E-state index in [0.717, 1.165) is 19.6 Å². The smallest absolute Gasteiger partial charge is 0.289 e. The predicted octanol–water partition coefficient (Wildman–Crippen LogP) is -1.36. The molecule has 1 aliphatic rings. The van der Waals surface area contributed by atoms with Crippen LogP contribution in [0.15, 0.2) is 21.6 Å². The maximum atomic E-state index is 12.2. The van der Waals surface area contributed by atoms with Gasteiger partial charge < -0.3 is 15.1 Å². The summed E-state index contributed by atoms with van der Waals surface area (Å²) in [6.45, 7) is 3.99. The first kappa shape index (κ1) is 15.0. The number of piperazine rings is 1. The fraction of sp³-hybridized carbons (Fsp3) is 0.545. The Balaban J connectivity index is 2.00. The van der Waals surface area contributed by atoms with Crippen LogP contribution < -0.4 is 10.9 Å². The van der Waals surface area contributed by atoms with Gasteiger partial charge in [0.25, 0.3) is 15.9 Å². The van der Waals surface area contributed by atoms with Gasteiger partial charge >= 0.3 is 0 Å². The molecule has 112 valence electrons. The number of hydrogen-bond acceptors (Lipinski definition) is 6. The molecule has 4 N–H and O–H groups in total. The Kier molecular flexibility index (Phi) is 4.43. The molecular weight excluding hydrogens is 284 g/mol. The minimum Gasteiger partial charge on any atom is -0.438 e. The topological polar surface area (TPSA) is 123 Å². The van der Waals surface area contributed by atoms with E-state index >= 15 is 0 Å². The molecule has 1 aromatic heterocycles. The van der Waals surface area contributed by atoms with E-state index in [1.165, 1.54) is 12.1 Å². The molecular formula is C11H18N4O4S. The first-order chi connectivity index (χ1) is 9.41. The SMILES string of the molecule is NCCN1CCN(C(=O)c2ccc(S(N)(=O)=O)o2)CC1. The summed E-state index contributed by atoms with van der Waals surface area (Å²) in [5.41, 5.74) is 5.48. The Labute approximate surface area is 117 Å². The molecule has 2 rings (SSSR count). The van der Waals surface area contributed by atoms with Crippen molar-refractivity contribution < 1.29 is 17.6 Å². The average Bonchev–Trinajstić information content (AvgIpc) is 2.89. The van der Waals surface area contributed by atoms with Gasteiger partial charge in [0.1, 0.15) is 0 Å². The monoisotopic (exact) mass is 302 g/mol. The molecule has 0 unspecified atom stereocenters. The molecule has 8 nitrogen and oxygen atoms in total. The van der Waals surface area contributed by atoms with Crippen molar-refractivity contribution in [2.45, 2.75) is 5.09 Å². The van der Waals surface area contributed by atoms with Gasteiger partial charge in [0.05, 0.1) is 0 Å². The number of nitrogens with zero attached hydrogens (tertiary/aromatic N) is 2. The number of rotatable bonds is 4. The van der Waals surface area contributed by atoms with E-state index in [2.05, 4.69) is 4.90 Å². The second-order valence-corrected chi connectivity index (χ2v) is 6.08. The fourth-order valence-electron chi connectivity index (χ4n) is 2.10. The number of primary sulfonamides is 1. The Hall–Kier alpha value is -1.42. The predicted molar refractivity (Wildman–Crippen MR) is 71.5 cm³/mol. The van der Waals surface area contributed by atoms with Crippen LogP contribution in [0.25, 0.3) is 0 Å². The quantitative estimate of drug-likeness (QED) is 0.708. The van der Waals surface area contributed by atoms with Crippen LogP contribution in [0, 0.1) is 0 Å². The van der Waals surface area contributed by atoms with Gasteiger partial charge in [-0.3, -0.25) is 9.69 Å². The van der Waals surface area contributed by atoms with Crippen LogP contribution in [0.5, 0.6) is 0 Å². The molecule has 0 atom stereocenters. The van der Waals surface area contributed by atoms with Crippen molar-refractivity contribution in [3.05, 3.63) is 17.9 Å². The van der Waals surface area contributed by atoms with E-state index in [4.69, 9.17) is 15.3 Å². The van der Waals surface area contributed by atoms with Crippen molar-refractivity contribution in [2.24, 2.45) is 10.9 Å². The van der Waals surface area contributed by atoms with E-state index < -0.39 is 15.1 Å². The first-order valence-electron chi connectivity index (χ1n) is 6.26. The third-order valence-corrected chi connectivity index (χ3v) is 3.96. The molecule has 0 spiro atoms. The lowest BCUT2D eigenvalue weighted by molar-refractivity contribution is 0.0604. The number of furan rings is 1. The van der Waals surface area contributed by atoms with Gasteiger partial charge in [0.2, 0.25) is 5.09 Å². The highest BCUT2D eigenvalue weighted by Crippen LogP contribution is 2.15. The summed E-state index contributed by atoms with van der Waals surface area (Å²) in [5.74, 6) is -0.339. The Morgan fingerprint density at radius 3 is 2.40 bits per heavy atom. The Morgan fingerprint density at radius 2 is 1.90 bits per heavy atom. The molecule has 1 aromatic rings. The molecule has 1 fully saturated rings. The number of sulfonamides is 1. The Morgan fingerprint density at radius 1 is 1.25 bits per heavy atom. The lowest BCUT2D eigenvalue weighted by Crippen LogP contribution is -2.49. The second-order valence-electron chi connectivity index (χ2n) is 4.59. The van der Waals surface area contributed by atoms with Crippen molar-refractivity contribution in [3.8, 4) is 0 Å². The van der Waals surface area contributed by atoms with Crippen LogP contribution in [0.4, 0.5) is 0 Å². The number of carbonyl (C=O) groups excluding carboxylic acids is 1.